The first-order chi connectivity index (χ1) is 9.31. The van der Waals surface area contributed by atoms with E-state index in [-0.39, 0.29) is 0 Å². The molecule has 0 saturated carbocycles. The summed E-state index contributed by atoms with van der Waals surface area (Å²) >= 11 is 0. The molecule has 1 nitrogen and oxygen atoms in total. The van der Waals surface area contributed by atoms with Crippen LogP contribution in [0.4, 0.5) is 0 Å². The Labute approximate surface area is 116 Å². The summed E-state index contributed by atoms with van der Waals surface area (Å²) in [5.74, 6) is 0. The Balaban J connectivity index is 1.98. The van der Waals surface area contributed by atoms with Crippen molar-refractivity contribution in [2.75, 3.05) is 6.54 Å². The van der Waals surface area contributed by atoms with Crippen LogP contribution in [0, 0.1) is 0 Å². The number of aryl methyl sites for hydroxylation is 1. The summed E-state index contributed by atoms with van der Waals surface area (Å²) in [4.78, 5) is 2.47. The van der Waals surface area contributed by atoms with Gasteiger partial charge in [0.2, 0.25) is 0 Å². The normalized spacial score (nSPS) is 10.9. The van der Waals surface area contributed by atoms with Gasteiger partial charge in [-0.2, -0.15) is 0 Å². The minimum Gasteiger partial charge on any atom is -0.295 e. The van der Waals surface area contributed by atoms with Gasteiger partial charge >= 0.3 is 0 Å². The lowest BCUT2D eigenvalue weighted by atomic mass is 10.1. The number of hydrogen-bond acceptors (Lipinski definition) is 1. The molecule has 1 heteroatoms. The van der Waals surface area contributed by atoms with Gasteiger partial charge in [0.25, 0.3) is 0 Å². The number of nitrogens with zero attached hydrogens (tertiary/aromatic N) is 1. The van der Waals surface area contributed by atoms with Gasteiger partial charge in [-0.3, -0.25) is 4.90 Å². The maximum atomic E-state index is 2.47. The van der Waals surface area contributed by atoms with Gasteiger partial charge in [0.15, 0.2) is 0 Å². The average Bonchev–Trinajstić information content (AvgIpc) is 2.48. The molecule has 0 aromatic heterocycles. The standard InChI is InChI=1S/C18H23N/c1-3-16-10-12-18(13-11-16)15-19(4-2)14-17-8-6-5-7-9-17/h5-13H,3-4,14-15H2,1-2H3. The fraction of sp³-hybridized carbons (Fsp3) is 0.333. The molecule has 0 bridgehead atoms. The highest BCUT2D eigenvalue weighted by molar-refractivity contribution is 5.22. The van der Waals surface area contributed by atoms with Crippen LogP contribution in [0.3, 0.4) is 0 Å². The molecule has 0 radical (unpaired) electrons. The van der Waals surface area contributed by atoms with Crippen molar-refractivity contribution in [2.45, 2.75) is 33.4 Å². The monoisotopic (exact) mass is 253 g/mol. The molecule has 0 spiro atoms. The van der Waals surface area contributed by atoms with E-state index in [2.05, 4.69) is 73.3 Å². The molecule has 0 aliphatic rings. The molecule has 0 fully saturated rings. The average molecular weight is 253 g/mol. The van der Waals surface area contributed by atoms with Crippen molar-refractivity contribution in [2.24, 2.45) is 0 Å². The molecule has 2 rings (SSSR count). The Morgan fingerprint density at radius 3 is 1.74 bits per heavy atom. The van der Waals surface area contributed by atoms with Gasteiger partial charge in [-0.15, -0.1) is 0 Å². The Morgan fingerprint density at radius 1 is 0.684 bits per heavy atom. The van der Waals surface area contributed by atoms with Crippen LogP contribution in [-0.4, -0.2) is 11.4 Å². The highest BCUT2D eigenvalue weighted by atomic mass is 15.1. The van der Waals surface area contributed by atoms with E-state index in [0.717, 1.165) is 26.1 Å². The first-order valence-electron chi connectivity index (χ1n) is 7.16. The molecule has 2 aromatic rings. The molecule has 0 saturated heterocycles. The van der Waals surface area contributed by atoms with Crippen LogP contribution in [-0.2, 0) is 19.5 Å². The highest BCUT2D eigenvalue weighted by Gasteiger charge is 2.04. The number of rotatable bonds is 6. The maximum absolute atomic E-state index is 2.47. The molecule has 0 heterocycles. The zero-order chi connectivity index (χ0) is 13.5. The van der Waals surface area contributed by atoms with Crippen LogP contribution < -0.4 is 0 Å². The van der Waals surface area contributed by atoms with Crippen LogP contribution >= 0.6 is 0 Å². The summed E-state index contributed by atoms with van der Waals surface area (Å²) in [6.45, 7) is 7.54. The predicted molar refractivity (Wildman–Crippen MR) is 82.1 cm³/mol. The van der Waals surface area contributed by atoms with Crippen molar-refractivity contribution < 1.29 is 0 Å². The van der Waals surface area contributed by atoms with Crippen molar-refractivity contribution >= 4 is 0 Å². The third kappa shape index (κ3) is 4.22. The van der Waals surface area contributed by atoms with Gasteiger partial charge in [0, 0.05) is 13.1 Å². The summed E-state index contributed by atoms with van der Waals surface area (Å²) in [6, 6.07) is 19.7. The van der Waals surface area contributed by atoms with E-state index in [1.807, 2.05) is 0 Å². The summed E-state index contributed by atoms with van der Waals surface area (Å²) in [7, 11) is 0. The second-order valence-electron chi connectivity index (χ2n) is 4.96. The van der Waals surface area contributed by atoms with Gasteiger partial charge in [0.1, 0.15) is 0 Å². The van der Waals surface area contributed by atoms with Crippen LogP contribution in [0.25, 0.3) is 0 Å². The van der Waals surface area contributed by atoms with E-state index < -0.39 is 0 Å². The van der Waals surface area contributed by atoms with Gasteiger partial charge in [-0.25, -0.2) is 0 Å². The number of hydrogen-bond donors (Lipinski definition) is 0. The van der Waals surface area contributed by atoms with E-state index in [4.69, 9.17) is 0 Å². The van der Waals surface area contributed by atoms with Crippen molar-refractivity contribution in [3.8, 4) is 0 Å². The van der Waals surface area contributed by atoms with E-state index in [1.165, 1.54) is 16.7 Å². The third-order valence-corrected chi connectivity index (χ3v) is 3.53. The first kappa shape index (κ1) is 13.8. The molecule has 0 aliphatic heterocycles. The van der Waals surface area contributed by atoms with Crippen molar-refractivity contribution in [1.82, 2.24) is 4.90 Å². The molecular weight excluding hydrogens is 230 g/mol. The van der Waals surface area contributed by atoms with E-state index in [0.29, 0.717) is 0 Å². The minimum absolute atomic E-state index is 1.02. The smallest absolute Gasteiger partial charge is 0.0237 e. The van der Waals surface area contributed by atoms with Crippen LogP contribution in [0.2, 0.25) is 0 Å². The lowest BCUT2D eigenvalue weighted by Gasteiger charge is -2.20. The summed E-state index contributed by atoms with van der Waals surface area (Å²) in [5.41, 5.74) is 4.19. The van der Waals surface area contributed by atoms with Gasteiger partial charge < -0.3 is 0 Å². The highest BCUT2D eigenvalue weighted by Crippen LogP contribution is 2.11. The topological polar surface area (TPSA) is 3.24 Å². The predicted octanol–water partition coefficient (Wildman–Crippen LogP) is 4.27. The molecule has 100 valence electrons. The Morgan fingerprint density at radius 2 is 1.21 bits per heavy atom. The largest absolute Gasteiger partial charge is 0.295 e. The lowest BCUT2D eigenvalue weighted by Crippen LogP contribution is -2.22. The van der Waals surface area contributed by atoms with E-state index in [9.17, 15) is 0 Å². The summed E-state index contributed by atoms with van der Waals surface area (Å²) in [6.07, 6.45) is 1.11. The van der Waals surface area contributed by atoms with Crippen molar-refractivity contribution in [3.05, 3.63) is 71.3 Å². The number of benzene rings is 2. The second-order valence-corrected chi connectivity index (χ2v) is 4.96. The third-order valence-electron chi connectivity index (χ3n) is 3.53. The molecular formula is C18H23N. The fourth-order valence-corrected chi connectivity index (χ4v) is 2.26. The minimum atomic E-state index is 1.02. The van der Waals surface area contributed by atoms with E-state index >= 15 is 0 Å². The zero-order valence-electron chi connectivity index (χ0n) is 12.0. The zero-order valence-corrected chi connectivity index (χ0v) is 12.0. The Kier molecular flexibility index (Phi) is 5.17. The van der Waals surface area contributed by atoms with Crippen molar-refractivity contribution in [1.29, 1.82) is 0 Å². The van der Waals surface area contributed by atoms with Crippen LogP contribution in [0.15, 0.2) is 54.6 Å². The van der Waals surface area contributed by atoms with Gasteiger partial charge in [0.05, 0.1) is 0 Å². The SMILES string of the molecule is CCc1ccc(CN(CC)Cc2ccccc2)cc1. The molecule has 0 aliphatic carbocycles. The van der Waals surface area contributed by atoms with Gasteiger partial charge in [-0.1, -0.05) is 68.4 Å². The molecule has 19 heavy (non-hydrogen) atoms. The Bertz CT molecular complexity index is 473. The van der Waals surface area contributed by atoms with Crippen LogP contribution in [0.1, 0.15) is 30.5 Å². The molecule has 0 atom stereocenters. The molecule has 0 N–H and O–H groups in total. The Hall–Kier alpha value is -1.60. The fourth-order valence-electron chi connectivity index (χ4n) is 2.26. The lowest BCUT2D eigenvalue weighted by molar-refractivity contribution is 0.271. The molecule has 2 aromatic carbocycles. The molecule has 0 unspecified atom stereocenters. The molecule has 0 amide bonds. The maximum Gasteiger partial charge on any atom is 0.0237 e. The summed E-state index contributed by atoms with van der Waals surface area (Å²) < 4.78 is 0. The van der Waals surface area contributed by atoms with Gasteiger partial charge in [-0.05, 0) is 29.7 Å². The summed E-state index contributed by atoms with van der Waals surface area (Å²) in [5, 5.41) is 0. The second kappa shape index (κ2) is 7.10. The van der Waals surface area contributed by atoms with Crippen LogP contribution in [0.5, 0.6) is 0 Å². The quantitative estimate of drug-likeness (QED) is 0.743. The first-order valence-corrected chi connectivity index (χ1v) is 7.16. The van der Waals surface area contributed by atoms with Crippen molar-refractivity contribution in [3.63, 3.8) is 0 Å². The van der Waals surface area contributed by atoms with E-state index in [1.54, 1.807) is 0 Å².